The zero-order valence-electron chi connectivity index (χ0n) is 15.1. The third-order valence-electron chi connectivity index (χ3n) is 5.44. The Morgan fingerprint density at radius 1 is 1.15 bits per heavy atom. The van der Waals surface area contributed by atoms with Gasteiger partial charge in [-0.15, -0.1) is 11.3 Å². The average Bonchev–Trinajstić information content (AvgIpc) is 3.04. The van der Waals surface area contributed by atoms with Crippen LogP contribution in [0.25, 0.3) is 10.1 Å². The highest BCUT2D eigenvalue weighted by Gasteiger charge is 2.27. The van der Waals surface area contributed by atoms with Crippen LogP contribution in [0.3, 0.4) is 0 Å². The number of benzene rings is 1. The van der Waals surface area contributed by atoms with E-state index in [4.69, 9.17) is 4.42 Å². The normalized spacial score (nSPS) is 16.0. The first-order chi connectivity index (χ1) is 12.7. The van der Waals surface area contributed by atoms with E-state index < -0.39 is 0 Å². The van der Waals surface area contributed by atoms with Gasteiger partial charge in [0.05, 0.1) is 5.56 Å². The number of thiophene rings is 1. The van der Waals surface area contributed by atoms with Crippen LogP contribution in [0.1, 0.15) is 66.7 Å². The van der Waals surface area contributed by atoms with Crippen molar-refractivity contribution in [2.45, 2.75) is 57.8 Å². The monoisotopic (exact) mass is 368 g/mol. The molecule has 0 spiro atoms. The summed E-state index contributed by atoms with van der Waals surface area (Å²) in [5.41, 5.74) is 0.934. The number of fused-ring (bicyclic) bond motifs is 2. The third-order valence-corrected chi connectivity index (χ3v) is 6.67. The Labute approximate surface area is 157 Å². The maximum Gasteiger partial charge on any atom is 0.343 e. The molecular weight excluding hydrogens is 344 g/mol. The fourth-order valence-electron chi connectivity index (χ4n) is 4.05. The van der Waals surface area contributed by atoms with E-state index in [9.17, 15) is 9.90 Å². The van der Waals surface area contributed by atoms with Crippen LogP contribution in [0, 0.1) is 0 Å². The molecule has 0 amide bonds. The molecule has 0 bridgehead atoms. The summed E-state index contributed by atoms with van der Waals surface area (Å²) < 4.78 is 6.92. The van der Waals surface area contributed by atoms with E-state index in [1.165, 1.54) is 16.5 Å². The molecule has 1 N–H and O–H groups in total. The van der Waals surface area contributed by atoms with Gasteiger partial charge in [0.15, 0.2) is 0 Å². The summed E-state index contributed by atoms with van der Waals surface area (Å²) in [5.74, 6) is 0.754. The molecule has 4 rings (SSSR count). The maximum absolute atomic E-state index is 12.8. The molecule has 1 unspecified atom stereocenters. The molecular formula is C22H24O3S. The van der Waals surface area contributed by atoms with Crippen LogP contribution in [-0.2, 0) is 12.8 Å². The van der Waals surface area contributed by atoms with Crippen LogP contribution in [-0.4, -0.2) is 5.11 Å². The second kappa shape index (κ2) is 7.28. The first kappa shape index (κ1) is 17.3. The van der Waals surface area contributed by atoms with Gasteiger partial charge in [0.2, 0.25) is 0 Å². The number of aryl methyl sites for hydroxylation is 1. The zero-order valence-corrected chi connectivity index (χ0v) is 15.9. The van der Waals surface area contributed by atoms with E-state index in [1.807, 2.05) is 12.1 Å². The van der Waals surface area contributed by atoms with Crippen molar-refractivity contribution in [2.24, 2.45) is 0 Å². The standard InChI is InChI=1S/C22H24O3S/c1-2-15(19-13-14-9-7-8-12-18(14)26-19)20-21(23)16-10-5-3-4-6-11-17(16)25-22(20)24/h7-9,12-13,15,23H,2-6,10-11H2,1H3. The molecule has 0 fully saturated rings. The average molecular weight is 368 g/mol. The van der Waals surface area contributed by atoms with Crippen molar-refractivity contribution >= 4 is 21.4 Å². The molecule has 0 saturated carbocycles. The lowest BCUT2D eigenvalue weighted by Crippen LogP contribution is -2.17. The molecule has 26 heavy (non-hydrogen) atoms. The Kier molecular flexibility index (Phi) is 4.86. The lowest BCUT2D eigenvalue weighted by Gasteiger charge is -2.19. The quantitative estimate of drug-likeness (QED) is 0.639. The Balaban J connectivity index is 1.84. The molecule has 1 aliphatic rings. The Morgan fingerprint density at radius 3 is 2.69 bits per heavy atom. The van der Waals surface area contributed by atoms with Gasteiger partial charge >= 0.3 is 5.63 Å². The molecule has 1 aromatic carbocycles. The van der Waals surface area contributed by atoms with Crippen molar-refractivity contribution in [3.05, 3.63) is 62.5 Å². The fourth-order valence-corrected chi connectivity index (χ4v) is 5.31. The topological polar surface area (TPSA) is 50.4 Å². The highest BCUT2D eigenvalue weighted by atomic mass is 32.1. The molecule has 0 radical (unpaired) electrons. The van der Waals surface area contributed by atoms with Gasteiger partial charge in [0, 0.05) is 27.5 Å². The second-order valence-corrected chi connectivity index (χ2v) is 8.23. The van der Waals surface area contributed by atoms with Crippen LogP contribution < -0.4 is 5.63 Å². The predicted octanol–water partition coefficient (Wildman–Crippen LogP) is 5.76. The molecule has 0 saturated heterocycles. The molecule has 3 aromatic rings. The van der Waals surface area contributed by atoms with Crippen LogP contribution in [0.4, 0.5) is 0 Å². The molecule has 3 nitrogen and oxygen atoms in total. The van der Waals surface area contributed by atoms with Crippen LogP contribution in [0.2, 0.25) is 0 Å². The van der Waals surface area contributed by atoms with Crippen molar-refractivity contribution in [3.63, 3.8) is 0 Å². The minimum absolute atomic E-state index is 0.126. The molecule has 4 heteroatoms. The van der Waals surface area contributed by atoms with Gasteiger partial charge in [-0.3, -0.25) is 0 Å². The second-order valence-electron chi connectivity index (χ2n) is 7.12. The predicted molar refractivity (Wildman–Crippen MR) is 106 cm³/mol. The largest absolute Gasteiger partial charge is 0.507 e. The molecule has 1 atom stereocenters. The van der Waals surface area contributed by atoms with Crippen molar-refractivity contribution in [2.75, 3.05) is 0 Å². The first-order valence-corrected chi connectivity index (χ1v) is 10.4. The highest BCUT2D eigenvalue weighted by molar-refractivity contribution is 7.19. The van der Waals surface area contributed by atoms with Crippen LogP contribution >= 0.6 is 11.3 Å². The fraction of sp³-hybridized carbons (Fsp3) is 0.409. The van der Waals surface area contributed by atoms with Crippen molar-refractivity contribution in [3.8, 4) is 5.75 Å². The first-order valence-electron chi connectivity index (χ1n) is 9.55. The Bertz CT molecular complexity index is 950. The molecule has 1 aliphatic carbocycles. The summed E-state index contributed by atoms with van der Waals surface area (Å²) in [6.07, 6.45) is 6.67. The molecule has 136 valence electrons. The SMILES string of the molecule is CCC(c1cc2ccccc2s1)c1c(O)c2c(oc1=O)CCCCCC2. The van der Waals surface area contributed by atoms with Gasteiger partial charge in [-0.2, -0.15) is 0 Å². The summed E-state index contributed by atoms with van der Waals surface area (Å²) in [6, 6.07) is 10.4. The lowest BCUT2D eigenvalue weighted by molar-refractivity contribution is 0.384. The minimum Gasteiger partial charge on any atom is -0.507 e. The van der Waals surface area contributed by atoms with E-state index >= 15 is 0 Å². The number of hydrogen-bond donors (Lipinski definition) is 1. The minimum atomic E-state index is -0.369. The smallest absolute Gasteiger partial charge is 0.343 e. The third kappa shape index (κ3) is 3.07. The van der Waals surface area contributed by atoms with E-state index in [0.717, 1.165) is 49.0 Å². The van der Waals surface area contributed by atoms with Gasteiger partial charge in [0.1, 0.15) is 11.5 Å². The van der Waals surface area contributed by atoms with Gasteiger partial charge in [-0.1, -0.05) is 38.0 Å². The summed E-state index contributed by atoms with van der Waals surface area (Å²) >= 11 is 1.70. The zero-order chi connectivity index (χ0) is 18.1. The Hall–Kier alpha value is -2.07. The number of aromatic hydroxyl groups is 1. The van der Waals surface area contributed by atoms with Crippen LogP contribution in [0.5, 0.6) is 5.75 Å². The molecule has 2 heterocycles. The van der Waals surface area contributed by atoms with E-state index in [0.29, 0.717) is 11.3 Å². The van der Waals surface area contributed by atoms with E-state index in [2.05, 4.69) is 25.1 Å². The number of rotatable bonds is 3. The van der Waals surface area contributed by atoms with Crippen molar-refractivity contribution in [1.82, 2.24) is 0 Å². The molecule has 0 aliphatic heterocycles. The van der Waals surface area contributed by atoms with Crippen molar-refractivity contribution < 1.29 is 9.52 Å². The Morgan fingerprint density at radius 2 is 1.92 bits per heavy atom. The van der Waals surface area contributed by atoms with Gasteiger partial charge in [-0.25, -0.2) is 4.79 Å². The summed E-state index contributed by atoms with van der Waals surface area (Å²) in [6.45, 7) is 2.06. The summed E-state index contributed by atoms with van der Waals surface area (Å²) in [7, 11) is 0. The van der Waals surface area contributed by atoms with Gasteiger partial charge in [0.25, 0.3) is 0 Å². The lowest BCUT2D eigenvalue weighted by atomic mass is 9.90. The molecule has 2 aromatic heterocycles. The van der Waals surface area contributed by atoms with Gasteiger partial charge < -0.3 is 9.52 Å². The maximum atomic E-state index is 12.8. The van der Waals surface area contributed by atoms with E-state index in [-0.39, 0.29) is 17.3 Å². The van der Waals surface area contributed by atoms with Crippen molar-refractivity contribution in [1.29, 1.82) is 0 Å². The van der Waals surface area contributed by atoms with E-state index in [1.54, 1.807) is 11.3 Å². The summed E-state index contributed by atoms with van der Waals surface area (Å²) in [4.78, 5) is 13.9. The number of hydrogen-bond acceptors (Lipinski definition) is 4. The van der Waals surface area contributed by atoms with Crippen LogP contribution in [0.15, 0.2) is 39.5 Å². The van der Waals surface area contributed by atoms with Gasteiger partial charge in [-0.05, 0) is 43.2 Å². The highest BCUT2D eigenvalue weighted by Crippen LogP contribution is 2.40. The summed E-state index contributed by atoms with van der Waals surface area (Å²) in [5, 5.41) is 12.2.